The fourth-order valence-electron chi connectivity index (χ4n) is 2.82. The average Bonchev–Trinajstić information content (AvgIpc) is 3.08. The molecule has 1 fully saturated rings. The second kappa shape index (κ2) is 7.51. The molecule has 22 heavy (non-hydrogen) atoms. The van der Waals surface area contributed by atoms with Gasteiger partial charge < -0.3 is 10.2 Å². The Hall–Kier alpha value is -1.72. The molecule has 1 N–H and O–H groups in total. The number of thiophene rings is 1. The summed E-state index contributed by atoms with van der Waals surface area (Å²) in [5, 5.41) is 5.12. The van der Waals surface area contributed by atoms with Crippen molar-refractivity contribution in [2.75, 3.05) is 25.0 Å². The van der Waals surface area contributed by atoms with Gasteiger partial charge in [0.25, 0.3) is 0 Å². The second-order valence-corrected chi connectivity index (χ2v) is 6.70. The monoisotopic (exact) mass is 315 g/mol. The van der Waals surface area contributed by atoms with Crippen LogP contribution in [0.3, 0.4) is 0 Å². The largest absolute Gasteiger partial charge is 0.326 e. The van der Waals surface area contributed by atoms with Crippen molar-refractivity contribution >= 4 is 22.9 Å². The maximum atomic E-state index is 12.3. The van der Waals surface area contributed by atoms with Gasteiger partial charge in [-0.1, -0.05) is 6.07 Å². The number of rotatable bonds is 5. The minimum Gasteiger partial charge on any atom is -0.326 e. The Labute approximate surface area is 135 Å². The molecule has 2 aromatic heterocycles. The van der Waals surface area contributed by atoms with Crippen LogP contribution in [0, 0.1) is 5.92 Å². The molecule has 0 unspecified atom stereocenters. The van der Waals surface area contributed by atoms with E-state index in [-0.39, 0.29) is 11.8 Å². The number of nitrogens with one attached hydrogen (secondary N) is 1. The SMILES string of the molecule is O=C(Nc1ccncc1)C1CCN(CCc2cccs2)CC1. The minimum atomic E-state index is 0.131. The lowest BCUT2D eigenvalue weighted by Crippen LogP contribution is -2.39. The number of aromatic nitrogens is 1. The number of amides is 1. The van der Waals surface area contributed by atoms with Crippen LogP contribution in [0.2, 0.25) is 0 Å². The van der Waals surface area contributed by atoms with Crippen molar-refractivity contribution in [3.05, 3.63) is 46.9 Å². The summed E-state index contributed by atoms with van der Waals surface area (Å²) < 4.78 is 0. The van der Waals surface area contributed by atoms with Gasteiger partial charge in [0.1, 0.15) is 0 Å². The van der Waals surface area contributed by atoms with Crippen LogP contribution in [-0.4, -0.2) is 35.4 Å². The molecule has 1 amide bonds. The van der Waals surface area contributed by atoms with Crippen molar-refractivity contribution in [1.29, 1.82) is 0 Å². The Kier molecular flexibility index (Phi) is 5.19. The number of nitrogens with zero attached hydrogens (tertiary/aromatic N) is 2. The van der Waals surface area contributed by atoms with Crippen molar-refractivity contribution in [2.45, 2.75) is 19.3 Å². The molecule has 4 nitrogen and oxygen atoms in total. The molecule has 2 aromatic rings. The first-order chi connectivity index (χ1) is 10.8. The first kappa shape index (κ1) is 15.2. The van der Waals surface area contributed by atoms with Gasteiger partial charge in [-0.3, -0.25) is 9.78 Å². The van der Waals surface area contributed by atoms with Crippen molar-refractivity contribution in [1.82, 2.24) is 9.88 Å². The second-order valence-electron chi connectivity index (χ2n) is 5.67. The fourth-order valence-corrected chi connectivity index (χ4v) is 3.52. The average molecular weight is 315 g/mol. The molecule has 0 aliphatic carbocycles. The third-order valence-electron chi connectivity index (χ3n) is 4.16. The molecule has 0 atom stereocenters. The Balaban J connectivity index is 1.42. The van der Waals surface area contributed by atoms with Gasteiger partial charge in [-0.25, -0.2) is 0 Å². The highest BCUT2D eigenvalue weighted by Crippen LogP contribution is 2.20. The first-order valence-electron chi connectivity index (χ1n) is 7.77. The van der Waals surface area contributed by atoms with Gasteiger partial charge in [0.15, 0.2) is 0 Å². The summed E-state index contributed by atoms with van der Waals surface area (Å²) in [4.78, 5) is 20.1. The fraction of sp³-hybridized carbons (Fsp3) is 0.412. The van der Waals surface area contributed by atoms with E-state index in [9.17, 15) is 4.79 Å². The number of anilines is 1. The predicted octanol–water partition coefficient (Wildman–Crippen LogP) is 3.04. The van der Waals surface area contributed by atoms with Crippen molar-refractivity contribution < 1.29 is 4.79 Å². The van der Waals surface area contributed by atoms with Crippen molar-refractivity contribution in [2.24, 2.45) is 5.92 Å². The lowest BCUT2D eigenvalue weighted by Gasteiger charge is -2.31. The third kappa shape index (κ3) is 4.15. The maximum absolute atomic E-state index is 12.3. The molecule has 0 saturated carbocycles. The molecule has 0 spiro atoms. The molecule has 1 aliphatic rings. The lowest BCUT2D eigenvalue weighted by molar-refractivity contribution is -0.121. The van der Waals surface area contributed by atoms with Crippen LogP contribution >= 0.6 is 11.3 Å². The number of carbonyl (C=O) groups excluding carboxylic acids is 1. The Morgan fingerprint density at radius 2 is 2.05 bits per heavy atom. The molecule has 0 bridgehead atoms. The summed E-state index contributed by atoms with van der Waals surface area (Å²) in [7, 11) is 0. The van der Waals surface area contributed by atoms with Crippen LogP contribution in [0.5, 0.6) is 0 Å². The number of piperidine rings is 1. The summed E-state index contributed by atoms with van der Waals surface area (Å²) in [6, 6.07) is 7.96. The normalized spacial score (nSPS) is 16.5. The van der Waals surface area contributed by atoms with E-state index in [4.69, 9.17) is 0 Å². The van der Waals surface area contributed by atoms with E-state index in [1.165, 1.54) is 4.88 Å². The summed E-state index contributed by atoms with van der Waals surface area (Å²) in [5.74, 6) is 0.273. The number of hydrogen-bond donors (Lipinski definition) is 1. The van der Waals surface area contributed by atoms with Gasteiger partial charge in [0.2, 0.25) is 5.91 Å². The standard InChI is InChI=1S/C17H21N3OS/c21-17(19-15-3-8-18-9-4-15)14-5-10-20(11-6-14)12-7-16-2-1-13-22-16/h1-4,8-9,13-14H,5-7,10-12H2,(H,18,19,21). The predicted molar refractivity (Wildman–Crippen MR) is 90.1 cm³/mol. The van der Waals surface area contributed by atoms with Crippen molar-refractivity contribution in [3.63, 3.8) is 0 Å². The van der Waals surface area contributed by atoms with E-state index in [2.05, 4.69) is 32.7 Å². The molecule has 0 aromatic carbocycles. The molecule has 1 aliphatic heterocycles. The van der Waals surface area contributed by atoms with Crippen LogP contribution in [0.1, 0.15) is 17.7 Å². The van der Waals surface area contributed by atoms with Crippen LogP contribution in [0.15, 0.2) is 42.0 Å². The first-order valence-corrected chi connectivity index (χ1v) is 8.65. The van der Waals surface area contributed by atoms with Crippen LogP contribution in [0.4, 0.5) is 5.69 Å². The quantitative estimate of drug-likeness (QED) is 0.922. The number of hydrogen-bond acceptors (Lipinski definition) is 4. The molecule has 0 radical (unpaired) electrons. The molecule has 1 saturated heterocycles. The van der Waals surface area contributed by atoms with Gasteiger partial charge in [0.05, 0.1) is 0 Å². The molecule has 3 rings (SSSR count). The highest BCUT2D eigenvalue weighted by molar-refractivity contribution is 7.09. The number of pyridine rings is 1. The molecule has 3 heterocycles. The van der Waals surface area contributed by atoms with E-state index in [1.54, 1.807) is 12.4 Å². The summed E-state index contributed by atoms with van der Waals surface area (Å²) in [5.41, 5.74) is 0.833. The zero-order chi connectivity index (χ0) is 15.2. The van der Waals surface area contributed by atoms with Gasteiger partial charge in [0, 0.05) is 35.4 Å². The Morgan fingerprint density at radius 3 is 2.73 bits per heavy atom. The zero-order valence-electron chi connectivity index (χ0n) is 12.6. The molecule has 116 valence electrons. The number of likely N-dealkylation sites (tertiary alicyclic amines) is 1. The summed E-state index contributed by atoms with van der Waals surface area (Å²) in [6.07, 6.45) is 6.40. The highest BCUT2D eigenvalue weighted by atomic mass is 32.1. The van der Waals surface area contributed by atoms with E-state index >= 15 is 0 Å². The van der Waals surface area contributed by atoms with Crippen LogP contribution in [0.25, 0.3) is 0 Å². The summed E-state index contributed by atoms with van der Waals surface area (Å²) >= 11 is 1.82. The minimum absolute atomic E-state index is 0.131. The molecular weight excluding hydrogens is 294 g/mol. The number of carbonyl (C=O) groups is 1. The van der Waals surface area contributed by atoms with E-state index < -0.39 is 0 Å². The van der Waals surface area contributed by atoms with Gasteiger partial charge in [-0.2, -0.15) is 0 Å². The maximum Gasteiger partial charge on any atom is 0.227 e. The van der Waals surface area contributed by atoms with E-state index in [1.807, 2.05) is 23.5 Å². The lowest BCUT2D eigenvalue weighted by atomic mass is 9.95. The van der Waals surface area contributed by atoms with Gasteiger partial charge in [-0.05, 0) is 55.9 Å². The van der Waals surface area contributed by atoms with Gasteiger partial charge in [-0.15, -0.1) is 11.3 Å². The van der Waals surface area contributed by atoms with E-state index in [0.717, 1.165) is 44.6 Å². The topological polar surface area (TPSA) is 45.2 Å². The Bertz CT molecular complexity index is 577. The van der Waals surface area contributed by atoms with Crippen molar-refractivity contribution in [3.8, 4) is 0 Å². The summed E-state index contributed by atoms with van der Waals surface area (Å²) in [6.45, 7) is 3.12. The highest BCUT2D eigenvalue weighted by Gasteiger charge is 2.24. The zero-order valence-corrected chi connectivity index (χ0v) is 13.4. The van der Waals surface area contributed by atoms with Crippen LogP contribution in [-0.2, 0) is 11.2 Å². The smallest absolute Gasteiger partial charge is 0.227 e. The molecular formula is C17H21N3OS. The van der Waals surface area contributed by atoms with E-state index in [0.29, 0.717) is 0 Å². The molecule has 5 heteroatoms. The van der Waals surface area contributed by atoms with Crippen LogP contribution < -0.4 is 5.32 Å². The Morgan fingerprint density at radius 1 is 1.27 bits per heavy atom. The third-order valence-corrected chi connectivity index (χ3v) is 5.10. The van der Waals surface area contributed by atoms with Gasteiger partial charge >= 0.3 is 0 Å².